The molecule has 0 aliphatic carbocycles. The number of benzene rings is 3. The van der Waals surface area contributed by atoms with Gasteiger partial charge < -0.3 is 14.0 Å². The van der Waals surface area contributed by atoms with Crippen LogP contribution in [0.1, 0.15) is 23.4 Å². The van der Waals surface area contributed by atoms with Gasteiger partial charge >= 0.3 is 0 Å². The summed E-state index contributed by atoms with van der Waals surface area (Å²) in [4.78, 5) is 4.81. The first kappa shape index (κ1) is 20.3. The van der Waals surface area contributed by atoms with E-state index in [2.05, 4.69) is 42.7 Å². The quantitative estimate of drug-likeness (QED) is 0.311. The Morgan fingerprint density at radius 1 is 0.933 bits per heavy atom. The van der Waals surface area contributed by atoms with Gasteiger partial charge in [0.15, 0.2) is 0 Å². The molecule has 1 aromatic heterocycles. The van der Waals surface area contributed by atoms with Crippen LogP contribution in [-0.4, -0.2) is 16.2 Å². The standard InChI is InChI=1S/C25H25ClN2O2/c1-18-8-9-19(2)24(16-18)30-17-25-27-22-6-3-4-7-23(22)28(25)14-5-15-29-21-12-10-20(26)11-13-21/h3-4,6-13,16H,5,14-15,17H2,1-2H3. The maximum absolute atomic E-state index is 6.13. The average molecular weight is 421 g/mol. The predicted octanol–water partition coefficient (Wildman–Crippen LogP) is 6.35. The SMILES string of the molecule is Cc1ccc(C)c(OCc2nc3ccccc3n2CCCOc2ccc(Cl)cc2)c1. The number of hydrogen-bond donors (Lipinski definition) is 0. The molecule has 0 aliphatic rings. The zero-order chi connectivity index (χ0) is 20.9. The molecule has 4 aromatic rings. The Morgan fingerprint density at radius 2 is 1.73 bits per heavy atom. The van der Waals surface area contributed by atoms with Crippen LogP contribution in [0.5, 0.6) is 11.5 Å². The predicted molar refractivity (Wildman–Crippen MR) is 122 cm³/mol. The monoisotopic (exact) mass is 420 g/mol. The maximum atomic E-state index is 6.13. The van der Waals surface area contributed by atoms with Gasteiger partial charge in [0, 0.05) is 11.6 Å². The summed E-state index contributed by atoms with van der Waals surface area (Å²) in [6, 6.07) is 21.9. The van der Waals surface area contributed by atoms with Crippen LogP contribution in [0.4, 0.5) is 0 Å². The molecule has 0 aliphatic heterocycles. The third-order valence-electron chi connectivity index (χ3n) is 5.04. The number of rotatable bonds is 8. The van der Waals surface area contributed by atoms with Crippen LogP contribution in [0.25, 0.3) is 11.0 Å². The van der Waals surface area contributed by atoms with Crippen LogP contribution in [0.15, 0.2) is 66.7 Å². The molecule has 4 rings (SSSR count). The number of ether oxygens (including phenoxy) is 2. The molecular formula is C25H25ClN2O2. The first-order chi connectivity index (χ1) is 14.6. The molecule has 0 saturated heterocycles. The minimum absolute atomic E-state index is 0.428. The summed E-state index contributed by atoms with van der Waals surface area (Å²) >= 11 is 5.93. The van der Waals surface area contributed by atoms with Crippen LogP contribution in [0.2, 0.25) is 5.02 Å². The molecule has 30 heavy (non-hydrogen) atoms. The molecule has 0 amide bonds. The normalized spacial score (nSPS) is 11.0. The smallest absolute Gasteiger partial charge is 0.148 e. The summed E-state index contributed by atoms with van der Waals surface area (Å²) in [5.74, 6) is 2.65. The van der Waals surface area contributed by atoms with Gasteiger partial charge in [0.05, 0.1) is 17.6 Å². The average Bonchev–Trinajstić information content (AvgIpc) is 3.10. The van der Waals surface area contributed by atoms with Crippen LogP contribution in [0.3, 0.4) is 0 Å². The number of imidazole rings is 1. The summed E-state index contributed by atoms with van der Waals surface area (Å²) in [6.07, 6.45) is 0.861. The fourth-order valence-electron chi connectivity index (χ4n) is 3.43. The summed E-state index contributed by atoms with van der Waals surface area (Å²) < 4.78 is 14.2. The Balaban J connectivity index is 1.46. The lowest BCUT2D eigenvalue weighted by atomic mass is 10.1. The molecule has 0 radical (unpaired) electrons. The number of aryl methyl sites for hydroxylation is 3. The van der Waals surface area contributed by atoms with Gasteiger partial charge in [-0.15, -0.1) is 0 Å². The van der Waals surface area contributed by atoms with Crippen LogP contribution < -0.4 is 9.47 Å². The first-order valence-electron chi connectivity index (χ1n) is 10.1. The molecule has 5 heteroatoms. The number of para-hydroxylation sites is 2. The van der Waals surface area contributed by atoms with Gasteiger partial charge in [-0.3, -0.25) is 0 Å². The van der Waals surface area contributed by atoms with E-state index in [1.165, 1.54) is 5.56 Å². The molecular weight excluding hydrogens is 396 g/mol. The second-order valence-electron chi connectivity index (χ2n) is 7.38. The zero-order valence-electron chi connectivity index (χ0n) is 17.3. The fraction of sp³-hybridized carbons (Fsp3) is 0.240. The second-order valence-corrected chi connectivity index (χ2v) is 7.82. The van der Waals surface area contributed by atoms with Crippen molar-refractivity contribution in [3.8, 4) is 11.5 Å². The van der Waals surface area contributed by atoms with Crippen molar-refractivity contribution in [1.29, 1.82) is 0 Å². The Bertz CT molecular complexity index is 1140. The minimum Gasteiger partial charge on any atom is -0.494 e. The summed E-state index contributed by atoms with van der Waals surface area (Å²) in [5.41, 5.74) is 4.40. The fourth-order valence-corrected chi connectivity index (χ4v) is 3.56. The molecule has 0 fully saturated rings. The molecule has 0 saturated carbocycles. The lowest BCUT2D eigenvalue weighted by molar-refractivity contribution is 0.279. The Kier molecular flexibility index (Phi) is 6.24. The highest BCUT2D eigenvalue weighted by Crippen LogP contribution is 2.22. The van der Waals surface area contributed by atoms with E-state index in [-0.39, 0.29) is 0 Å². The van der Waals surface area contributed by atoms with Gasteiger partial charge in [0.2, 0.25) is 0 Å². The van der Waals surface area contributed by atoms with Crippen LogP contribution in [-0.2, 0) is 13.2 Å². The van der Waals surface area contributed by atoms with E-state index in [1.807, 2.05) is 42.5 Å². The van der Waals surface area contributed by atoms with Gasteiger partial charge in [0.25, 0.3) is 0 Å². The molecule has 0 bridgehead atoms. The van der Waals surface area contributed by atoms with Crippen molar-refractivity contribution in [3.63, 3.8) is 0 Å². The van der Waals surface area contributed by atoms with Crippen molar-refractivity contribution in [2.75, 3.05) is 6.61 Å². The number of nitrogens with zero attached hydrogens (tertiary/aromatic N) is 2. The van der Waals surface area contributed by atoms with Gasteiger partial charge in [-0.1, -0.05) is 35.9 Å². The van der Waals surface area contributed by atoms with E-state index in [0.29, 0.717) is 18.2 Å². The van der Waals surface area contributed by atoms with E-state index in [0.717, 1.165) is 46.9 Å². The van der Waals surface area contributed by atoms with Gasteiger partial charge in [-0.2, -0.15) is 0 Å². The third kappa shape index (κ3) is 4.77. The molecule has 0 spiro atoms. The largest absolute Gasteiger partial charge is 0.494 e. The highest BCUT2D eigenvalue weighted by molar-refractivity contribution is 6.30. The maximum Gasteiger partial charge on any atom is 0.148 e. The molecule has 1 heterocycles. The number of hydrogen-bond acceptors (Lipinski definition) is 3. The van der Waals surface area contributed by atoms with E-state index in [9.17, 15) is 0 Å². The summed E-state index contributed by atoms with van der Waals surface area (Å²) in [5, 5.41) is 0.709. The van der Waals surface area contributed by atoms with Crippen molar-refractivity contribution >= 4 is 22.6 Å². The van der Waals surface area contributed by atoms with Crippen molar-refractivity contribution in [1.82, 2.24) is 9.55 Å². The Morgan fingerprint density at radius 3 is 2.57 bits per heavy atom. The third-order valence-corrected chi connectivity index (χ3v) is 5.29. The highest BCUT2D eigenvalue weighted by atomic mass is 35.5. The van der Waals surface area contributed by atoms with Gasteiger partial charge in [-0.05, 0) is 73.9 Å². The molecule has 0 N–H and O–H groups in total. The van der Waals surface area contributed by atoms with Crippen molar-refractivity contribution in [2.24, 2.45) is 0 Å². The molecule has 154 valence electrons. The highest BCUT2D eigenvalue weighted by Gasteiger charge is 2.12. The first-order valence-corrected chi connectivity index (χ1v) is 10.5. The van der Waals surface area contributed by atoms with Crippen LogP contribution in [0, 0.1) is 13.8 Å². The zero-order valence-corrected chi connectivity index (χ0v) is 18.0. The molecule has 0 atom stereocenters. The lowest BCUT2D eigenvalue weighted by Gasteiger charge is -2.13. The summed E-state index contributed by atoms with van der Waals surface area (Å²) in [6.45, 7) is 5.98. The lowest BCUT2D eigenvalue weighted by Crippen LogP contribution is -2.10. The topological polar surface area (TPSA) is 36.3 Å². The molecule has 0 unspecified atom stereocenters. The van der Waals surface area contributed by atoms with E-state index in [1.54, 1.807) is 0 Å². The molecule has 4 nitrogen and oxygen atoms in total. The van der Waals surface area contributed by atoms with Gasteiger partial charge in [0.1, 0.15) is 23.9 Å². The number of fused-ring (bicyclic) bond motifs is 1. The number of halogens is 1. The van der Waals surface area contributed by atoms with E-state index < -0.39 is 0 Å². The Hall–Kier alpha value is -2.98. The second kappa shape index (κ2) is 9.23. The van der Waals surface area contributed by atoms with Crippen LogP contribution >= 0.6 is 11.6 Å². The number of aromatic nitrogens is 2. The van der Waals surface area contributed by atoms with E-state index in [4.69, 9.17) is 26.1 Å². The summed E-state index contributed by atoms with van der Waals surface area (Å²) in [7, 11) is 0. The Labute approximate surface area is 182 Å². The van der Waals surface area contributed by atoms with E-state index >= 15 is 0 Å². The minimum atomic E-state index is 0.428. The van der Waals surface area contributed by atoms with Crippen molar-refractivity contribution in [2.45, 2.75) is 33.4 Å². The van der Waals surface area contributed by atoms with Crippen molar-refractivity contribution < 1.29 is 9.47 Å². The van der Waals surface area contributed by atoms with Crippen molar-refractivity contribution in [3.05, 3.63) is 88.7 Å². The van der Waals surface area contributed by atoms with Gasteiger partial charge in [-0.25, -0.2) is 4.98 Å². The molecule has 3 aromatic carbocycles.